The van der Waals surface area contributed by atoms with Crippen molar-refractivity contribution in [3.63, 3.8) is 0 Å². The summed E-state index contributed by atoms with van der Waals surface area (Å²) in [5, 5.41) is 13.6. The second-order valence-electron chi connectivity index (χ2n) is 5.85. The van der Waals surface area contributed by atoms with Crippen molar-refractivity contribution in [3.8, 4) is 0 Å². The number of hydrogen-bond donors (Lipinski definition) is 3. The minimum atomic E-state index is -0.885. The Labute approximate surface area is 120 Å². The van der Waals surface area contributed by atoms with Crippen molar-refractivity contribution in [2.75, 3.05) is 12.0 Å². The quantitative estimate of drug-likeness (QED) is 0.436. The number of nitrogens with two attached hydrogens (primary N) is 1. The minimum absolute atomic E-state index is 0.169. The lowest BCUT2D eigenvalue weighted by Gasteiger charge is -2.09. The van der Waals surface area contributed by atoms with E-state index in [1.165, 1.54) is 0 Å². The van der Waals surface area contributed by atoms with Crippen LogP contribution in [0.3, 0.4) is 0 Å². The topological polar surface area (TPSA) is 110 Å². The number of nitrogens with one attached hydrogen (secondary N) is 2. The molecule has 1 amide bonds. The molecule has 4 N–H and O–H groups in total. The van der Waals surface area contributed by atoms with Crippen LogP contribution < -0.4 is 16.6 Å². The molecule has 1 atom stereocenters. The molecule has 0 aliphatic heterocycles. The van der Waals surface area contributed by atoms with Crippen molar-refractivity contribution in [1.29, 1.82) is 0 Å². The van der Waals surface area contributed by atoms with Crippen LogP contribution in [0.5, 0.6) is 0 Å². The third-order valence-electron chi connectivity index (χ3n) is 3.91. The van der Waals surface area contributed by atoms with Gasteiger partial charge in [0.15, 0.2) is 5.82 Å². The Morgan fingerprint density at radius 2 is 2.19 bits per heavy atom. The summed E-state index contributed by atoms with van der Waals surface area (Å²) in [5.74, 6) is 3.98. The van der Waals surface area contributed by atoms with Gasteiger partial charge in [-0.2, -0.15) is 0 Å². The van der Waals surface area contributed by atoms with Crippen molar-refractivity contribution >= 4 is 17.3 Å². The van der Waals surface area contributed by atoms with Gasteiger partial charge in [-0.3, -0.25) is 20.8 Å². The molecule has 0 radical (unpaired) electrons. The number of halogens is 1. The van der Waals surface area contributed by atoms with Crippen LogP contribution in [0.1, 0.15) is 30.6 Å². The van der Waals surface area contributed by atoms with E-state index in [-0.39, 0.29) is 16.7 Å². The van der Waals surface area contributed by atoms with E-state index in [0.29, 0.717) is 18.5 Å². The number of benzene rings is 1. The molecule has 1 unspecified atom stereocenters. The molecule has 1 aliphatic carbocycles. The van der Waals surface area contributed by atoms with Crippen LogP contribution in [-0.2, 0) is 0 Å². The summed E-state index contributed by atoms with van der Waals surface area (Å²) in [6, 6.07) is 1.73. The molecule has 1 fully saturated rings. The van der Waals surface area contributed by atoms with E-state index in [4.69, 9.17) is 5.84 Å². The molecule has 0 spiro atoms. The molecule has 0 bridgehead atoms. The van der Waals surface area contributed by atoms with Crippen molar-refractivity contribution < 1.29 is 14.1 Å². The maximum Gasteiger partial charge on any atom is 0.285 e. The summed E-state index contributed by atoms with van der Waals surface area (Å²) < 4.78 is 13.5. The van der Waals surface area contributed by atoms with Crippen LogP contribution in [0.15, 0.2) is 12.1 Å². The Morgan fingerprint density at radius 3 is 2.67 bits per heavy atom. The van der Waals surface area contributed by atoms with Gasteiger partial charge in [-0.25, -0.2) is 4.39 Å². The van der Waals surface area contributed by atoms with Crippen LogP contribution >= 0.6 is 0 Å². The summed E-state index contributed by atoms with van der Waals surface area (Å²) in [6.45, 7) is 4.60. The fourth-order valence-electron chi connectivity index (χ4n) is 2.24. The van der Waals surface area contributed by atoms with E-state index in [2.05, 4.69) is 24.6 Å². The third-order valence-corrected chi connectivity index (χ3v) is 3.91. The summed E-state index contributed by atoms with van der Waals surface area (Å²) in [7, 11) is 0. The monoisotopic (exact) mass is 296 g/mol. The van der Waals surface area contributed by atoms with Crippen molar-refractivity contribution in [3.05, 3.63) is 33.6 Å². The highest BCUT2D eigenvalue weighted by Gasteiger charge is 2.45. The first kappa shape index (κ1) is 15.2. The molecule has 8 heteroatoms. The number of rotatable bonds is 5. The van der Waals surface area contributed by atoms with E-state index >= 15 is 0 Å². The molecule has 114 valence electrons. The number of nitro groups is 1. The highest BCUT2D eigenvalue weighted by molar-refractivity contribution is 5.99. The van der Waals surface area contributed by atoms with E-state index in [1.54, 1.807) is 0 Å². The predicted molar refractivity (Wildman–Crippen MR) is 75.1 cm³/mol. The third kappa shape index (κ3) is 3.10. The van der Waals surface area contributed by atoms with Gasteiger partial charge < -0.3 is 10.7 Å². The summed E-state index contributed by atoms with van der Waals surface area (Å²) in [4.78, 5) is 22.2. The SMILES string of the molecule is CC1(C)CC1CNC(=O)c1cc(NN)c(F)cc1[N+](=O)[O-]. The molecule has 1 aromatic carbocycles. The Morgan fingerprint density at radius 1 is 1.57 bits per heavy atom. The molecule has 1 saturated carbocycles. The van der Waals surface area contributed by atoms with Gasteiger partial charge in [0, 0.05) is 6.54 Å². The van der Waals surface area contributed by atoms with Gasteiger partial charge in [0.05, 0.1) is 16.7 Å². The largest absolute Gasteiger partial charge is 0.352 e. The standard InChI is InChI=1S/C13H17FN4O3/c1-13(2)5-7(13)6-16-12(19)8-3-10(17-15)9(14)4-11(8)18(20)21/h3-4,7,17H,5-6,15H2,1-2H3,(H,16,19). The number of hydrogen-bond acceptors (Lipinski definition) is 5. The highest BCUT2D eigenvalue weighted by atomic mass is 19.1. The van der Waals surface area contributed by atoms with Crippen molar-refractivity contribution in [2.24, 2.45) is 17.2 Å². The lowest BCUT2D eigenvalue weighted by molar-refractivity contribution is -0.385. The molecular weight excluding hydrogens is 279 g/mol. The van der Waals surface area contributed by atoms with Crippen LogP contribution in [-0.4, -0.2) is 17.4 Å². The first-order valence-electron chi connectivity index (χ1n) is 6.49. The second-order valence-corrected chi connectivity index (χ2v) is 5.85. The van der Waals surface area contributed by atoms with Gasteiger partial charge in [0.2, 0.25) is 0 Å². The number of amides is 1. The fraction of sp³-hybridized carbons (Fsp3) is 0.462. The molecule has 1 aromatic rings. The van der Waals surface area contributed by atoms with Gasteiger partial charge in [-0.1, -0.05) is 13.8 Å². The number of nitro benzene ring substituents is 1. The first-order chi connectivity index (χ1) is 9.76. The minimum Gasteiger partial charge on any atom is -0.352 e. The Bertz CT molecular complexity index is 603. The van der Waals surface area contributed by atoms with Gasteiger partial charge >= 0.3 is 0 Å². The van der Waals surface area contributed by atoms with E-state index in [9.17, 15) is 19.3 Å². The second kappa shape index (κ2) is 5.28. The number of nitrogens with zero attached hydrogens (tertiary/aromatic N) is 1. The normalized spacial score (nSPS) is 19.0. The van der Waals surface area contributed by atoms with Crippen LogP contribution in [0.2, 0.25) is 0 Å². The molecule has 1 aliphatic rings. The average molecular weight is 296 g/mol. The Kier molecular flexibility index (Phi) is 3.82. The summed E-state index contributed by atoms with van der Waals surface area (Å²) in [5.41, 5.74) is 1.29. The first-order valence-corrected chi connectivity index (χ1v) is 6.49. The van der Waals surface area contributed by atoms with E-state index < -0.39 is 22.3 Å². The van der Waals surface area contributed by atoms with E-state index in [0.717, 1.165) is 12.5 Å². The highest BCUT2D eigenvalue weighted by Crippen LogP contribution is 2.51. The van der Waals surface area contributed by atoms with Crippen molar-refractivity contribution in [2.45, 2.75) is 20.3 Å². The zero-order valence-electron chi connectivity index (χ0n) is 11.8. The molecule has 0 heterocycles. The number of carbonyl (C=O) groups excluding carboxylic acids is 1. The molecule has 7 nitrogen and oxygen atoms in total. The Hall–Kier alpha value is -2.22. The molecule has 2 rings (SSSR count). The molecule has 21 heavy (non-hydrogen) atoms. The van der Waals surface area contributed by atoms with Crippen LogP contribution in [0.4, 0.5) is 15.8 Å². The Balaban J connectivity index is 2.20. The van der Waals surface area contributed by atoms with Crippen LogP contribution in [0, 0.1) is 27.3 Å². The molecule has 0 saturated heterocycles. The molecular formula is C13H17FN4O3. The van der Waals surface area contributed by atoms with Crippen molar-refractivity contribution in [1.82, 2.24) is 5.32 Å². The zero-order valence-corrected chi connectivity index (χ0v) is 11.8. The number of carbonyl (C=O) groups is 1. The maximum atomic E-state index is 13.5. The van der Waals surface area contributed by atoms with Gasteiger partial charge in [0.1, 0.15) is 5.56 Å². The average Bonchev–Trinajstić information content (AvgIpc) is 3.03. The summed E-state index contributed by atoms with van der Waals surface area (Å²) >= 11 is 0. The van der Waals surface area contributed by atoms with Crippen LogP contribution in [0.25, 0.3) is 0 Å². The van der Waals surface area contributed by atoms with E-state index in [1.807, 2.05) is 0 Å². The van der Waals surface area contributed by atoms with Gasteiger partial charge in [-0.05, 0) is 23.8 Å². The number of hydrazine groups is 1. The smallest absolute Gasteiger partial charge is 0.285 e. The lowest BCUT2D eigenvalue weighted by atomic mass is 10.1. The molecule has 0 aromatic heterocycles. The van der Waals surface area contributed by atoms with Gasteiger partial charge in [0.25, 0.3) is 11.6 Å². The summed E-state index contributed by atoms with van der Waals surface area (Å²) in [6.07, 6.45) is 0.994. The van der Waals surface area contributed by atoms with Gasteiger partial charge in [-0.15, -0.1) is 0 Å². The fourth-order valence-corrected chi connectivity index (χ4v) is 2.24. The zero-order chi connectivity index (χ0) is 15.8. The maximum absolute atomic E-state index is 13.5. The number of nitrogen functional groups attached to an aromatic ring is 1. The number of anilines is 1. The predicted octanol–water partition coefficient (Wildman–Crippen LogP) is 1.80. The lowest BCUT2D eigenvalue weighted by Crippen LogP contribution is -2.27.